The first-order chi connectivity index (χ1) is 14.0. The van der Waals surface area contributed by atoms with E-state index in [-0.39, 0.29) is 0 Å². The summed E-state index contributed by atoms with van der Waals surface area (Å²) in [6.07, 6.45) is 1.83. The molecule has 5 heteroatoms. The third kappa shape index (κ3) is 5.75. The van der Waals surface area contributed by atoms with Crippen LogP contribution in [-0.2, 0) is 6.61 Å². The summed E-state index contributed by atoms with van der Waals surface area (Å²) in [7, 11) is 0. The molecule has 3 aromatic carbocycles. The second-order valence-electron chi connectivity index (χ2n) is 6.69. The molecule has 0 aromatic heterocycles. The van der Waals surface area contributed by atoms with Crippen LogP contribution in [0.1, 0.15) is 29.2 Å². The predicted molar refractivity (Wildman–Crippen MR) is 122 cm³/mol. The molecule has 29 heavy (non-hydrogen) atoms. The van der Waals surface area contributed by atoms with Crippen LogP contribution < -0.4 is 9.47 Å². The van der Waals surface area contributed by atoms with Gasteiger partial charge < -0.3 is 9.47 Å². The Kier molecular flexibility index (Phi) is 7.18. The summed E-state index contributed by atoms with van der Waals surface area (Å²) in [5.41, 5.74) is 5.19. The maximum atomic E-state index is 6.23. The molecule has 0 spiro atoms. The van der Waals surface area contributed by atoms with Gasteiger partial charge in [-0.1, -0.05) is 35.3 Å². The highest BCUT2D eigenvalue weighted by Gasteiger charge is 2.08. The minimum absolute atomic E-state index is 0.326. The number of aliphatic imine (C=N–C) groups is 1. The highest BCUT2D eigenvalue weighted by atomic mass is 35.5. The molecule has 3 aromatic rings. The van der Waals surface area contributed by atoms with Gasteiger partial charge in [0.1, 0.15) is 6.61 Å². The Balaban J connectivity index is 1.77. The number of hydrogen-bond acceptors (Lipinski definition) is 3. The zero-order valence-electron chi connectivity index (χ0n) is 16.7. The molecule has 0 unspecified atom stereocenters. The van der Waals surface area contributed by atoms with Gasteiger partial charge >= 0.3 is 0 Å². The lowest BCUT2D eigenvalue weighted by Gasteiger charge is -2.13. The molecular formula is C24H23Cl2NO2. The first kappa shape index (κ1) is 21.2. The fourth-order valence-electron chi connectivity index (χ4n) is 2.74. The number of benzene rings is 3. The fraction of sp³-hybridized carbons (Fsp3) is 0.208. The lowest BCUT2D eigenvalue weighted by molar-refractivity contribution is 0.269. The smallest absolute Gasteiger partial charge is 0.161 e. The highest BCUT2D eigenvalue weighted by molar-refractivity contribution is 6.35. The van der Waals surface area contributed by atoms with Crippen LogP contribution in [0, 0.1) is 13.8 Å². The van der Waals surface area contributed by atoms with Crippen molar-refractivity contribution in [2.45, 2.75) is 27.4 Å². The lowest BCUT2D eigenvalue weighted by atomic mass is 10.1. The van der Waals surface area contributed by atoms with Crippen molar-refractivity contribution < 1.29 is 9.47 Å². The average Bonchev–Trinajstić information content (AvgIpc) is 2.69. The number of ether oxygens (including phenoxy) is 2. The Morgan fingerprint density at radius 2 is 1.69 bits per heavy atom. The van der Waals surface area contributed by atoms with E-state index in [1.165, 1.54) is 11.1 Å². The van der Waals surface area contributed by atoms with Gasteiger partial charge in [-0.3, -0.25) is 4.99 Å². The number of aryl methyl sites for hydroxylation is 2. The van der Waals surface area contributed by atoms with Gasteiger partial charge in [0.2, 0.25) is 0 Å². The molecular weight excluding hydrogens is 405 g/mol. The van der Waals surface area contributed by atoms with Crippen LogP contribution in [-0.4, -0.2) is 12.8 Å². The number of halogens is 2. The van der Waals surface area contributed by atoms with Crippen LogP contribution in [0.25, 0.3) is 0 Å². The van der Waals surface area contributed by atoms with Gasteiger partial charge in [-0.25, -0.2) is 0 Å². The number of rotatable bonds is 7. The molecule has 0 aliphatic carbocycles. The van der Waals surface area contributed by atoms with Crippen molar-refractivity contribution in [3.8, 4) is 11.5 Å². The molecule has 0 saturated carbocycles. The van der Waals surface area contributed by atoms with Gasteiger partial charge in [0.05, 0.1) is 12.3 Å². The van der Waals surface area contributed by atoms with Gasteiger partial charge in [-0.05, 0) is 79.9 Å². The van der Waals surface area contributed by atoms with E-state index >= 15 is 0 Å². The van der Waals surface area contributed by atoms with Gasteiger partial charge in [-0.15, -0.1) is 0 Å². The first-order valence-electron chi connectivity index (χ1n) is 9.41. The molecule has 0 radical (unpaired) electrons. The molecule has 0 atom stereocenters. The zero-order chi connectivity index (χ0) is 20.8. The monoisotopic (exact) mass is 427 g/mol. The van der Waals surface area contributed by atoms with E-state index in [1.54, 1.807) is 12.1 Å². The van der Waals surface area contributed by atoms with E-state index in [1.807, 2.05) is 43.5 Å². The van der Waals surface area contributed by atoms with E-state index in [9.17, 15) is 0 Å². The fourth-order valence-corrected chi connectivity index (χ4v) is 3.20. The van der Waals surface area contributed by atoms with E-state index in [0.717, 1.165) is 16.8 Å². The Bertz CT molecular complexity index is 1030. The van der Waals surface area contributed by atoms with Crippen LogP contribution in [0.3, 0.4) is 0 Å². The SMILES string of the molecule is CCOc1cc(C=Nc2ccc(C)c(C)c2)ccc1OCc1ccc(Cl)cc1Cl. The summed E-state index contributed by atoms with van der Waals surface area (Å²) in [6.45, 7) is 6.98. The molecule has 0 aliphatic rings. The predicted octanol–water partition coefficient (Wildman–Crippen LogP) is 7.34. The maximum absolute atomic E-state index is 6.23. The van der Waals surface area contributed by atoms with Crippen LogP contribution in [0.5, 0.6) is 11.5 Å². The van der Waals surface area contributed by atoms with Crippen LogP contribution in [0.15, 0.2) is 59.6 Å². The summed E-state index contributed by atoms with van der Waals surface area (Å²) in [5.74, 6) is 1.32. The number of nitrogens with zero attached hydrogens (tertiary/aromatic N) is 1. The lowest BCUT2D eigenvalue weighted by Crippen LogP contribution is -2.01. The number of hydrogen-bond donors (Lipinski definition) is 0. The molecule has 0 saturated heterocycles. The van der Waals surface area contributed by atoms with Crippen molar-refractivity contribution >= 4 is 35.1 Å². The van der Waals surface area contributed by atoms with Crippen molar-refractivity contribution in [2.75, 3.05) is 6.61 Å². The molecule has 3 rings (SSSR count). The van der Waals surface area contributed by atoms with E-state index in [4.69, 9.17) is 32.7 Å². The van der Waals surface area contributed by atoms with Gasteiger partial charge in [0.25, 0.3) is 0 Å². The van der Waals surface area contributed by atoms with Crippen LogP contribution >= 0.6 is 23.2 Å². The first-order valence-corrected chi connectivity index (χ1v) is 10.2. The standard InChI is InChI=1S/C24H23Cl2NO2/c1-4-28-24-12-18(14-27-21-9-5-16(2)17(3)11-21)6-10-23(24)29-15-19-7-8-20(25)13-22(19)26/h5-14H,4,15H2,1-3H3. The van der Waals surface area contributed by atoms with Crippen molar-refractivity contribution in [2.24, 2.45) is 4.99 Å². The topological polar surface area (TPSA) is 30.8 Å². The summed E-state index contributed by atoms with van der Waals surface area (Å²) in [6, 6.07) is 17.3. The normalized spacial score (nSPS) is 11.1. The average molecular weight is 428 g/mol. The third-order valence-electron chi connectivity index (χ3n) is 4.52. The summed E-state index contributed by atoms with van der Waals surface area (Å²) in [4.78, 5) is 4.57. The van der Waals surface area contributed by atoms with Crippen molar-refractivity contribution in [3.05, 3.63) is 86.9 Å². The van der Waals surface area contributed by atoms with E-state index < -0.39 is 0 Å². The van der Waals surface area contributed by atoms with Crippen molar-refractivity contribution in [1.29, 1.82) is 0 Å². The maximum Gasteiger partial charge on any atom is 0.161 e. The Hall–Kier alpha value is -2.49. The minimum Gasteiger partial charge on any atom is -0.490 e. The van der Waals surface area contributed by atoms with Gasteiger partial charge in [0, 0.05) is 21.8 Å². The molecule has 150 valence electrons. The Morgan fingerprint density at radius 3 is 2.41 bits per heavy atom. The van der Waals surface area contributed by atoms with Crippen molar-refractivity contribution in [1.82, 2.24) is 0 Å². The Morgan fingerprint density at radius 1 is 0.862 bits per heavy atom. The second kappa shape index (κ2) is 9.82. The molecule has 0 heterocycles. The van der Waals surface area contributed by atoms with Gasteiger partial charge in [-0.2, -0.15) is 0 Å². The van der Waals surface area contributed by atoms with Gasteiger partial charge in [0.15, 0.2) is 11.5 Å². The third-order valence-corrected chi connectivity index (χ3v) is 5.11. The van der Waals surface area contributed by atoms with Crippen LogP contribution in [0.4, 0.5) is 5.69 Å². The quantitative estimate of drug-likeness (QED) is 0.369. The summed E-state index contributed by atoms with van der Waals surface area (Å²) in [5, 5.41) is 1.17. The zero-order valence-corrected chi connectivity index (χ0v) is 18.2. The second-order valence-corrected chi connectivity index (χ2v) is 7.53. The highest BCUT2D eigenvalue weighted by Crippen LogP contribution is 2.30. The molecule has 0 fully saturated rings. The summed E-state index contributed by atoms with van der Waals surface area (Å²) < 4.78 is 11.7. The molecule has 0 aliphatic heterocycles. The van der Waals surface area contributed by atoms with E-state index in [0.29, 0.717) is 34.8 Å². The Labute approximate surface area is 181 Å². The summed E-state index contributed by atoms with van der Waals surface area (Å²) >= 11 is 12.2. The van der Waals surface area contributed by atoms with Crippen molar-refractivity contribution in [3.63, 3.8) is 0 Å². The molecule has 3 nitrogen and oxygen atoms in total. The molecule has 0 N–H and O–H groups in total. The molecule has 0 amide bonds. The largest absolute Gasteiger partial charge is 0.490 e. The van der Waals surface area contributed by atoms with Crippen LogP contribution in [0.2, 0.25) is 10.0 Å². The minimum atomic E-state index is 0.326. The van der Waals surface area contributed by atoms with E-state index in [2.05, 4.69) is 31.0 Å². The molecule has 0 bridgehead atoms.